The molecule has 22 heavy (non-hydrogen) atoms. The predicted octanol–water partition coefficient (Wildman–Crippen LogP) is 1.76. The first-order valence-electron chi connectivity index (χ1n) is 7.73. The molecule has 2 heterocycles. The molecule has 0 saturated carbocycles. The molecule has 0 spiro atoms. The Kier molecular flexibility index (Phi) is 8.10. The zero-order chi connectivity index (χ0) is 15.2. The number of methoxy groups -OCH3 is 1. The Hall–Kier alpha value is -0.880. The van der Waals surface area contributed by atoms with Crippen LogP contribution in [0.15, 0.2) is 18.3 Å². The number of likely N-dealkylation sites (tertiary alicyclic amines) is 1. The Morgan fingerprint density at radius 2 is 2.23 bits per heavy atom. The van der Waals surface area contributed by atoms with Crippen LogP contribution in [0.2, 0.25) is 0 Å². The molecule has 0 aliphatic carbocycles. The second-order valence-electron chi connectivity index (χ2n) is 6.10. The van der Waals surface area contributed by atoms with E-state index in [0.717, 1.165) is 38.4 Å². The van der Waals surface area contributed by atoms with Crippen molar-refractivity contribution in [2.24, 2.45) is 11.7 Å². The van der Waals surface area contributed by atoms with Crippen molar-refractivity contribution in [3.63, 3.8) is 0 Å². The largest absolute Gasteiger partial charge is 0.383 e. The quantitative estimate of drug-likeness (QED) is 0.862. The van der Waals surface area contributed by atoms with Crippen LogP contribution in [0.3, 0.4) is 0 Å². The molecule has 0 radical (unpaired) electrons. The normalized spacial score (nSPS) is 22.2. The molecular formula is C16H29ClN4O. The lowest BCUT2D eigenvalue weighted by atomic mass is 9.94. The van der Waals surface area contributed by atoms with Crippen LogP contribution in [0.4, 0.5) is 5.82 Å². The van der Waals surface area contributed by atoms with Gasteiger partial charge >= 0.3 is 0 Å². The van der Waals surface area contributed by atoms with Crippen molar-refractivity contribution >= 4 is 18.2 Å². The van der Waals surface area contributed by atoms with Gasteiger partial charge in [0.25, 0.3) is 0 Å². The predicted molar refractivity (Wildman–Crippen MR) is 93.7 cm³/mol. The lowest BCUT2D eigenvalue weighted by Crippen LogP contribution is -2.45. The number of nitrogens with zero attached hydrogens (tertiary/aromatic N) is 3. The number of nitrogens with two attached hydrogens (primary N) is 1. The summed E-state index contributed by atoms with van der Waals surface area (Å²) < 4.78 is 5.09. The molecule has 0 aromatic carbocycles. The Bertz CT molecular complexity index is 429. The van der Waals surface area contributed by atoms with E-state index in [1.807, 2.05) is 13.2 Å². The summed E-state index contributed by atoms with van der Waals surface area (Å²) in [6.45, 7) is 6.93. The third kappa shape index (κ3) is 5.39. The van der Waals surface area contributed by atoms with Gasteiger partial charge in [0, 0.05) is 46.0 Å². The standard InChI is InChI=1S/C16H28N4O.ClH/c1-13-11-20(7-6-15(13)17)12-14-4-5-16(18-10-14)19(2)8-9-21-3;/h4-5,10,13,15H,6-9,11-12,17H2,1-3H3;1H. The summed E-state index contributed by atoms with van der Waals surface area (Å²) in [6.07, 6.45) is 3.07. The van der Waals surface area contributed by atoms with Crippen molar-refractivity contribution in [3.05, 3.63) is 23.9 Å². The highest BCUT2D eigenvalue weighted by atomic mass is 35.5. The van der Waals surface area contributed by atoms with Crippen LogP contribution in [0.25, 0.3) is 0 Å². The van der Waals surface area contributed by atoms with Crippen molar-refractivity contribution in [2.45, 2.75) is 25.9 Å². The molecule has 6 heteroatoms. The molecular weight excluding hydrogens is 300 g/mol. The lowest BCUT2D eigenvalue weighted by Gasteiger charge is -2.35. The summed E-state index contributed by atoms with van der Waals surface area (Å²) in [6, 6.07) is 4.62. The van der Waals surface area contributed by atoms with Gasteiger partial charge in [-0.05, 0) is 30.5 Å². The molecule has 126 valence electrons. The number of halogens is 1. The second kappa shape index (κ2) is 9.30. The second-order valence-corrected chi connectivity index (χ2v) is 6.10. The van der Waals surface area contributed by atoms with Gasteiger partial charge in [0.2, 0.25) is 0 Å². The molecule has 1 aromatic heterocycles. The van der Waals surface area contributed by atoms with E-state index >= 15 is 0 Å². The third-order valence-electron chi connectivity index (χ3n) is 4.29. The van der Waals surface area contributed by atoms with E-state index in [4.69, 9.17) is 10.5 Å². The molecule has 2 atom stereocenters. The van der Waals surface area contributed by atoms with E-state index in [2.05, 4.69) is 33.8 Å². The van der Waals surface area contributed by atoms with Crippen LogP contribution in [0.1, 0.15) is 18.9 Å². The highest BCUT2D eigenvalue weighted by Gasteiger charge is 2.22. The molecule has 1 aliphatic heterocycles. The number of rotatable bonds is 6. The van der Waals surface area contributed by atoms with E-state index in [1.165, 1.54) is 5.56 Å². The Morgan fingerprint density at radius 3 is 2.82 bits per heavy atom. The van der Waals surface area contributed by atoms with Crippen LogP contribution < -0.4 is 10.6 Å². The van der Waals surface area contributed by atoms with Gasteiger partial charge in [-0.1, -0.05) is 13.0 Å². The molecule has 0 amide bonds. The number of pyridine rings is 1. The molecule has 1 aromatic rings. The highest BCUT2D eigenvalue weighted by molar-refractivity contribution is 5.85. The van der Waals surface area contributed by atoms with Crippen LogP contribution in [-0.2, 0) is 11.3 Å². The maximum absolute atomic E-state index is 6.07. The van der Waals surface area contributed by atoms with Crippen molar-refractivity contribution in [1.82, 2.24) is 9.88 Å². The number of piperidine rings is 1. The van der Waals surface area contributed by atoms with E-state index in [-0.39, 0.29) is 12.4 Å². The average Bonchev–Trinajstić information content (AvgIpc) is 2.49. The zero-order valence-electron chi connectivity index (χ0n) is 13.9. The molecule has 0 bridgehead atoms. The lowest BCUT2D eigenvalue weighted by molar-refractivity contribution is 0.157. The summed E-state index contributed by atoms with van der Waals surface area (Å²) in [5.41, 5.74) is 7.34. The van der Waals surface area contributed by atoms with Crippen molar-refractivity contribution in [2.75, 3.05) is 45.3 Å². The molecule has 1 aliphatic rings. The molecule has 1 saturated heterocycles. The van der Waals surface area contributed by atoms with Crippen LogP contribution in [-0.4, -0.2) is 56.3 Å². The van der Waals surface area contributed by atoms with E-state index in [0.29, 0.717) is 18.6 Å². The number of anilines is 1. The zero-order valence-corrected chi connectivity index (χ0v) is 14.7. The minimum absolute atomic E-state index is 0. The van der Waals surface area contributed by atoms with Gasteiger partial charge in [0.1, 0.15) is 5.82 Å². The Balaban J connectivity index is 0.00000242. The minimum atomic E-state index is 0. The first-order valence-corrected chi connectivity index (χ1v) is 7.73. The average molecular weight is 329 g/mol. The fraction of sp³-hybridized carbons (Fsp3) is 0.688. The molecule has 5 nitrogen and oxygen atoms in total. The maximum Gasteiger partial charge on any atom is 0.128 e. The van der Waals surface area contributed by atoms with Gasteiger partial charge in [-0.25, -0.2) is 4.98 Å². The van der Waals surface area contributed by atoms with Gasteiger partial charge in [-0.2, -0.15) is 0 Å². The van der Waals surface area contributed by atoms with Crippen LogP contribution in [0.5, 0.6) is 0 Å². The fourth-order valence-electron chi connectivity index (χ4n) is 2.73. The summed E-state index contributed by atoms with van der Waals surface area (Å²) >= 11 is 0. The van der Waals surface area contributed by atoms with Gasteiger partial charge in [-0.3, -0.25) is 4.90 Å². The van der Waals surface area contributed by atoms with Crippen LogP contribution in [0, 0.1) is 5.92 Å². The van der Waals surface area contributed by atoms with E-state index in [9.17, 15) is 0 Å². The smallest absolute Gasteiger partial charge is 0.128 e. The summed E-state index contributed by atoms with van der Waals surface area (Å²) in [5.74, 6) is 1.57. The van der Waals surface area contributed by atoms with Crippen molar-refractivity contribution < 1.29 is 4.74 Å². The monoisotopic (exact) mass is 328 g/mol. The summed E-state index contributed by atoms with van der Waals surface area (Å²) in [5, 5.41) is 0. The van der Waals surface area contributed by atoms with Crippen molar-refractivity contribution in [1.29, 1.82) is 0 Å². The van der Waals surface area contributed by atoms with Crippen molar-refractivity contribution in [3.8, 4) is 0 Å². The number of likely N-dealkylation sites (N-methyl/N-ethyl adjacent to an activating group) is 1. The van der Waals surface area contributed by atoms with Crippen LogP contribution >= 0.6 is 12.4 Å². The summed E-state index contributed by atoms with van der Waals surface area (Å²) in [7, 11) is 3.75. The summed E-state index contributed by atoms with van der Waals surface area (Å²) in [4.78, 5) is 9.13. The molecule has 2 N–H and O–H groups in total. The SMILES string of the molecule is COCCN(C)c1ccc(CN2CCC(N)C(C)C2)cn1.Cl. The van der Waals surface area contributed by atoms with E-state index in [1.54, 1.807) is 7.11 Å². The van der Waals surface area contributed by atoms with Gasteiger partial charge < -0.3 is 15.4 Å². The number of aromatic nitrogens is 1. The number of hydrogen-bond acceptors (Lipinski definition) is 5. The molecule has 1 fully saturated rings. The first kappa shape index (κ1) is 19.2. The third-order valence-corrected chi connectivity index (χ3v) is 4.29. The van der Waals surface area contributed by atoms with E-state index < -0.39 is 0 Å². The Morgan fingerprint density at radius 1 is 1.45 bits per heavy atom. The van der Waals surface area contributed by atoms with Gasteiger partial charge in [0.05, 0.1) is 6.61 Å². The number of hydrogen-bond donors (Lipinski definition) is 1. The number of ether oxygens (including phenoxy) is 1. The fourth-order valence-corrected chi connectivity index (χ4v) is 2.73. The molecule has 2 rings (SSSR count). The Labute approximate surface area is 140 Å². The van der Waals surface area contributed by atoms with Gasteiger partial charge in [-0.15, -0.1) is 12.4 Å². The molecule has 2 unspecified atom stereocenters. The topological polar surface area (TPSA) is 54.6 Å². The maximum atomic E-state index is 6.07. The first-order chi connectivity index (χ1) is 10.1. The minimum Gasteiger partial charge on any atom is -0.383 e. The highest BCUT2D eigenvalue weighted by Crippen LogP contribution is 2.18. The van der Waals surface area contributed by atoms with Gasteiger partial charge in [0.15, 0.2) is 0 Å².